The lowest BCUT2D eigenvalue weighted by atomic mass is 10.1. The molecule has 0 heterocycles. The number of aryl methyl sites for hydroxylation is 1. The first-order valence-corrected chi connectivity index (χ1v) is 7.61. The van der Waals surface area contributed by atoms with Gasteiger partial charge in [-0.25, -0.2) is 0 Å². The second-order valence-electron chi connectivity index (χ2n) is 4.96. The SMILES string of the molecule is Cc1cc(Oc2ccc(CC(C)N)cc2Br)ccc1Cl. The van der Waals surface area contributed by atoms with Crippen molar-refractivity contribution in [1.29, 1.82) is 0 Å². The van der Waals surface area contributed by atoms with Crippen LogP contribution in [0.2, 0.25) is 5.02 Å². The zero-order chi connectivity index (χ0) is 14.7. The summed E-state index contributed by atoms with van der Waals surface area (Å²) in [7, 11) is 0. The normalized spacial score (nSPS) is 12.2. The quantitative estimate of drug-likeness (QED) is 0.829. The zero-order valence-electron chi connectivity index (χ0n) is 11.5. The Morgan fingerprint density at radius 2 is 2.00 bits per heavy atom. The average molecular weight is 355 g/mol. The highest BCUT2D eigenvalue weighted by molar-refractivity contribution is 9.10. The lowest BCUT2D eigenvalue weighted by molar-refractivity contribution is 0.479. The van der Waals surface area contributed by atoms with Crippen molar-refractivity contribution in [3.05, 3.63) is 57.0 Å². The number of hydrogen-bond acceptors (Lipinski definition) is 2. The lowest BCUT2D eigenvalue weighted by Crippen LogP contribution is -2.17. The van der Waals surface area contributed by atoms with Crippen molar-refractivity contribution < 1.29 is 4.74 Å². The van der Waals surface area contributed by atoms with Crippen LogP contribution in [0.5, 0.6) is 11.5 Å². The molecule has 2 N–H and O–H groups in total. The molecule has 2 nitrogen and oxygen atoms in total. The molecule has 1 atom stereocenters. The minimum atomic E-state index is 0.146. The van der Waals surface area contributed by atoms with E-state index in [0.29, 0.717) is 0 Å². The molecule has 0 bridgehead atoms. The number of benzene rings is 2. The van der Waals surface area contributed by atoms with Crippen LogP contribution in [0.25, 0.3) is 0 Å². The van der Waals surface area contributed by atoms with Crippen molar-refractivity contribution in [2.75, 3.05) is 0 Å². The predicted octanol–water partition coefficient (Wildman–Crippen LogP) is 5.09. The van der Waals surface area contributed by atoms with E-state index >= 15 is 0 Å². The molecule has 2 rings (SSSR count). The van der Waals surface area contributed by atoms with E-state index in [0.717, 1.165) is 33.0 Å². The largest absolute Gasteiger partial charge is 0.456 e. The van der Waals surface area contributed by atoms with Crippen molar-refractivity contribution in [2.45, 2.75) is 26.3 Å². The maximum Gasteiger partial charge on any atom is 0.141 e. The van der Waals surface area contributed by atoms with E-state index in [1.165, 1.54) is 5.56 Å². The van der Waals surface area contributed by atoms with Gasteiger partial charge in [-0.3, -0.25) is 0 Å². The summed E-state index contributed by atoms with van der Waals surface area (Å²) in [4.78, 5) is 0. The fourth-order valence-electron chi connectivity index (χ4n) is 1.93. The third-order valence-corrected chi connectivity index (χ3v) is 3.95. The minimum absolute atomic E-state index is 0.146. The maximum absolute atomic E-state index is 6.01. The van der Waals surface area contributed by atoms with Gasteiger partial charge >= 0.3 is 0 Å². The van der Waals surface area contributed by atoms with Crippen molar-refractivity contribution in [1.82, 2.24) is 0 Å². The van der Waals surface area contributed by atoms with Crippen LogP contribution in [0, 0.1) is 6.92 Å². The van der Waals surface area contributed by atoms with E-state index in [-0.39, 0.29) is 6.04 Å². The third-order valence-electron chi connectivity index (χ3n) is 2.91. The summed E-state index contributed by atoms with van der Waals surface area (Å²) in [5.74, 6) is 1.55. The van der Waals surface area contributed by atoms with E-state index in [1.807, 2.05) is 50.2 Å². The summed E-state index contributed by atoms with van der Waals surface area (Å²) in [6.07, 6.45) is 0.846. The predicted molar refractivity (Wildman–Crippen MR) is 87.8 cm³/mol. The monoisotopic (exact) mass is 353 g/mol. The molecule has 0 aliphatic rings. The number of nitrogens with two attached hydrogens (primary N) is 1. The molecular formula is C16H17BrClNO. The van der Waals surface area contributed by atoms with E-state index in [4.69, 9.17) is 22.1 Å². The Bertz CT molecular complexity index is 613. The van der Waals surface area contributed by atoms with Gasteiger partial charge in [-0.2, -0.15) is 0 Å². The molecule has 0 aliphatic carbocycles. The highest BCUT2D eigenvalue weighted by Crippen LogP contribution is 2.32. The van der Waals surface area contributed by atoms with Crippen molar-refractivity contribution in [3.8, 4) is 11.5 Å². The first kappa shape index (κ1) is 15.4. The topological polar surface area (TPSA) is 35.2 Å². The molecule has 106 valence electrons. The van der Waals surface area contributed by atoms with Crippen LogP contribution < -0.4 is 10.5 Å². The molecule has 2 aromatic carbocycles. The maximum atomic E-state index is 6.01. The molecule has 0 spiro atoms. The molecule has 0 aliphatic heterocycles. The van der Waals surface area contributed by atoms with Gasteiger partial charge in [-0.15, -0.1) is 0 Å². The highest BCUT2D eigenvalue weighted by Gasteiger charge is 2.06. The Balaban J connectivity index is 2.19. The molecule has 20 heavy (non-hydrogen) atoms. The summed E-state index contributed by atoms with van der Waals surface area (Å²) in [6.45, 7) is 3.95. The van der Waals surface area contributed by atoms with Gasteiger partial charge in [0.15, 0.2) is 0 Å². The van der Waals surface area contributed by atoms with Crippen LogP contribution in [0.1, 0.15) is 18.1 Å². The molecule has 0 radical (unpaired) electrons. The van der Waals surface area contributed by atoms with Gasteiger partial charge < -0.3 is 10.5 Å². The van der Waals surface area contributed by atoms with Gasteiger partial charge in [-0.1, -0.05) is 17.7 Å². The van der Waals surface area contributed by atoms with Gasteiger partial charge in [0.2, 0.25) is 0 Å². The molecule has 0 saturated carbocycles. The van der Waals surface area contributed by atoms with Gasteiger partial charge in [0.25, 0.3) is 0 Å². The first-order valence-electron chi connectivity index (χ1n) is 6.43. The van der Waals surface area contributed by atoms with Crippen LogP contribution in [0.15, 0.2) is 40.9 Å². The first-order chi connectivity index (χ1) is 9.45. The second-order valence-corrected chi connectivity index (χ2v) is 6.22. The number of ether oxygens (including phenoxy) is 1. The van der Waals surface area contributed by atoms with E-state index < -0.39 is 0 Å². The summed E-state index contributed by atoms with van der Waals surface area (Å²) in [5.41, 5.74) is 7.99. The third kappa shape index (κ3) is 3.98. The van der Waals surface area contributed by atoms with Gasteiger partial charge in [0.1, 0.15) is 11.5 Å². The molecule has 0 fully saturated rings. The van der Waals surface area contributed by atoms with Crippen molar-refractivity contribution in [2.24, 2.45) is 5.73 Å². The summed E-state index contributed by atoms with van der Waals surface area (Å²) < 4.78 is 6.79. The van der Waals surface area contributed by atoms with Crippen LogP contribution in [0.3, 0.4) is 0 Å². The van der Waals surface area contributed by atoms with E-state index in [9.17, 15) is 0 Å². The fourth-order valence-corrected chi connectivity index (χ4v) is 2.56. The van der Waals surface area contributed by atoms with Crippen LogP contribution >= 0.6 is 27.5 Å². The molecule has 4 heteroatoms. The smallest absolute Gasteiger partial charge is 0.141 e. The molecule has 2 aromatic rings. The van der Waals surface area contributed by atoms with Crippen LogP contribution in [-0.4, -0.2) is 6.04 Å². The number of halogens is 2. The van der Waals surface area contributed by atoms with Gasteiger partial charge in [-0.05, 0) is 77.7 Å². The Morgan fingerprint density at radius 1 is 1.25 bits per heavy atom. The molecular weight excluding hydrogens is 338 g/mol. The summed E-state index contributed by atoms with van der Waals surface area (Å²) >= 11 is 9.54. The summed E-state index contributed by atoms with van der Waals surface area (Å²) in [6, 6.07) is 11.8. The van der Waals surface area contributed by atoms with Crippen molar-refractivity contribution in [3.63, 3.8) is 0 Å². The fraction of sp³-hybridized carbons (Fsp3) is 0.250. The Hall–Kier alpha value is -1.03. The number of rotatable bonds is 4. The Labute approximate surface area is 133 Å². The van der Waals surface area contributed by atoms with Gasteiger partial charge in [0.05, 0.1) is 4.47 Å². The minimum Gasteiger partial charge on any atom is -0.456 e. The molecule has 0 saturated heterocycles. The second kappa shape index (κ2) is 6.61. The molecule has 1 unspecified atom stereocenters. The van der Waals surface area contributed by atoms with Crippen LogP contribution in [-0.2, 0) is 6.42 Å². The standard InChI is InChI=1S/C16H17BrClNO/c1-10-7-13(4-5-15(10)18)20-16-6-3-12(8-11(2)19)9-14(16)17/h3-7,9,11H,8,19H2,1-2H3. The Morgan fingerprint density at radius 3 is 2.60 bits per heavy atom. The molecule has 0 aromatic heterocycles. The van der Waals surface area contributed by atoms with Crippen LogP contribution in [0.4, 0.5) is 0 Å². The lowest BCUT2D eigenvalue weighted by Gasteiger charge is -2.11. The summed E-state index contributed by atoms with van der Waals surface area (Å²) in [5, 5.41) is 0.740. The van der Waals surface area contributed by atoms with Gasteiger partial charge in [0, 0.05) is 11.1 Å². The highest BCUT2D eigenvalue weighted by atomic mass is 79.9. The number of hydrogen-bond donors (Lipinski definition) is 1. The van der Waals surface area contributed by atoms with E-state index in [2.05, 4.69) is 15.9 Å². The Kier molecular flexibility index (Phi) is 5.08. The van der Waals surface area contributed by atoms with Crippen molar-refractivity contribution >= 4 is 27.5 Å². The average Bonchev–Trinajstić information content (AvgIpc) is 2.36. The van der Waals surface area contributed by atoms with E-state index in [1.54, 1.807) is 0 Å². The molecule has 0 amide bonds. The zero-order valence-corrected chi connectivity index (χ0v) is 13.8.